The van der Waals surface area contributed by atoms with Crippen LogP contribution in [0.1, 0.15) is 34.1 Å². The second-order valence-corrected chi connectivity index (χ2v) is 7.03. The Bertz CT molecular complexity index is 930. The maximum atomic E-state index is 9.04. The molecule has 130 valence electrons. The molecule has 1 aliphatic rings. The molecule has 1 saturated heterocycles. The van der Waals surface area contributed by atoms with Crippen molar-refractivity contribution < 1.29 is 0 Å². The van der Waals surface area contributed by atoms with Crippen LogP contribution in [0.15, 0.2) is 60.8 Å². The molecule has 0 N–H and O–H groups in total. The smallest absolute Gasteiger partial charge is 0.114 e. The zero-order chi connectivity index (χ0) is 17.9. The quantitative estimate of drug-likeness (QED) is 0.710. The van der Waals surface area contributed by atoms with Crippen molar-refractivity contribution in [2.45, 2.75) is 25.9 Å². The van der Waals surface area contributed by atoms with E-state index in [-0.39, 0.29) is 0 Å². The summed E-state index contributed by atoms with van der Waals surface area (Å²) in [5.74, 6) is 1.67. The van der Waals surface area contributed by atoms with Crippen LogP contribution in [-0.2, 0) is 13.1 Å². The van der Waals surface area contributed by atoms with E-state index in [1.54, 1.807) is 0 Å². The summed E-state index contributed by atoms with van der Waals surface area (Å²) >= 11 is 0. The molecular weight excluding hydrogens is 320 g/mol. The van der Waals surface area contributed by atoms with Gasteiger partial charge in [-0.2, -0.15) is 5.26 Å². The number of nitriles is 1. The highest BCUT2D eigenvalue weighted by Crippen LogP contribution is 2.28. The minimum Gasteiger partial charge on any atom is -0.328 e. The third-order valence-corrected chi connectivity index (χ3v) is 5.05. The van der Waals surface area contributed by atoms with E-state index < -0.39 is 0 Å². The van der Waals surface area contributed by atoms with Gasteiger partial charge in [-0.15, -0.1) is 0 Å². The molecule has 0 spiro atoms. The number of hydrogen-bond donors (Lipinski definition) is 0. The molecule has 26 heavy (non-hydrogen) atoms. The lowest BCUT2D eigenvalue weighted by atomic mass is 9.97. The number of hydrogen-bond acceptors (Lipinski definition) is 3. The van der Waals surface area contributed by atoms with E-state index in [9.17, 15) is 0 Å². The molecule has 2 heterocycles. The number of rotatable bonds is 5. The summed E-state index contributed by atoms with van der Waals surface area (Å²) in [5, 5.41) is 9.04. The van der Waals surface area contributed by atoms with Crippen molar-refractivity contribution in [2.24, 2.45) is 0 Å². The van der Waals surface area contributed by atoms with Gasteiger partial charge in [-0.25, -0.2) is 4.98 Å². The van der Waals surface area contributed by atoms with Crippen LogP contribution in [-0.4, -0.2) is 27.5 Å². The minimum absolute atomic E-state index is 0.478. The zero-order valence-corrected chi connectivity index (χ0v) is 15.0. The van der Waals surface area contributed by atoms with Crippen molar-refractivity contribution in [1.29, 1.82) is 5.26 Å². The fourth-order valence-corrected chi connectivity index (χ4v) is 3.64. The molecule has 0 radical (unpaired) electrons. The molecule has 0 aliphatic carbocycles. The highest BCUT2D eigenvalue weighted by molar-refractivity contribution is 5.33. The predicted molar refractivity (Wildman–Crippen MR) is 102 cm³/mol. The SMILES string of the molecule is Cc1cnc(C2CN(Cc3cccc(C#N)c3)C2)n1Cc1ccccc1. The first kappa shape index (κ1) is 16.6. The molecular formula is C22H22N4. The van der Waals surface area contributed by atoms with E-state index in [2.05, 4.69) is 58.9 Å². The molecule has 4 nitrogen and oxygen atoms in total. The Kier molecular flexibility index (Phi) is 4.55. The van der Waals surface area contributed by atoms with Crippen LogP contribution in [0.25, 0.3) is 0 Å². The van der Waals surface area contributed by atoms with Gasteiger partial charge in [-0.3, -0.25) is 4.90 Å². The van der Waals surface area contributed by atoms with E-state index in [0.717, 1.165) is 31.7 Å². The standard InChI is InChI=1S/C22H22N4/c1-17-12-24-22(26(17)14-18-6-3-2-4-7-18)21-15-25(16-21)13-20-9-5-8-19(10-20)11-23/h2-10,12,21H,13-16H2,1H3. The number of imidazole rings is 1. The van der Waals surface area contributed by atoms with Gasteiger partial charge in [0.15, 0.2) is 0 Å². The van der Waals surface area contributed by atoms with E-state index in [1.165, 1.54) is 22.6 Å². The highest BCUT2D eigenvalue weighted by Gasteiger charge is 2.31. The van der Waals surface area contributed by atoms with Gasteiger partial charge >= 0.3 is 0 Å². The summed E-state index contributed by atoms with van der Waals surface area (Å²) in [7, 11) is 0. The van der Waals surface area contributed by atoms with Gasteiger partial charge in [0, 0.05) is 44.0 Å². The fourth-order valence-electron chi connectivity index (χ4n) is 3.64. The molecule has 0 atom stereocenters. The Balaban J connectivity index is 1.42. The largest absolute Gasteiger partial charge is 0.328 e. The lowest BCUT2D eigenvalue weighted by Crippen LogP contribution is -2.45. The van der Waals surface area contributed by atoms with Gasteiger partial charge in [-0.05, 0) is 30.2 Å². The normalized spacial score (nSPS) is 14.8. The van der Waals surface area contributed by atoms with Gasteiger partial charge in [0.05, 0.1) is 11.6 Å². The van der Waals surface area contributed by atoms with Crippen molar-refractivity contribution in [3.05, 3.63) is 89.0 Å². The topological polar surface area (TPSA) is 44.9 Å². The summed E-state index contributed by atoms with van der Waals surface area (Å²) in [6.45, 7) is 5.93. The van der Waals surface area contributed by atoms with Gasteiger partial charge in [0.2, 0.25) is 0 Å². The third-order valence-electron chi connectivity index (χ3n) is 5.05. The summed E-state index contributed by atoms with van der Waals surface area (Å²) in [6.07, 6.45) is 1.98. The molecule has 4 heteroatoms. The summed E-state index contributed by atoms with van der Waals surface area (Å²) in [5.41, 5.74) is 4.45. The zero-order valence-electron chi connectivity index (χ0n) is 15.0. The highest BCUT2D eigenvalue weighted by atomic mass is 15.2. The molecule has 3 aromatic rings. The van der Waals surface area contributed by atoms with Crippen LogP contribution >= 0.6 is 0 Å². The average molecular weight is 342 g/mol. The first-order valence-electron chi connectivity index (χ1n) is 9.00. The molecule has 4 rings (SSSR count). The van der Waals surface area contributed by atoms with E-state index in [4.69, 9.17) is 10.2 Å². The van der Waals surface area contributed by atoms with Crippen molar-refractivity contribution in [2.75, 3.05) is 13.1 Å². The van der Waals surface area contributed by atoms with E-state index in [0.29, 0.717) is 5.92 Å². The Labute approximate surface area is 154 Å². The van der Waals surface area contributed by atoms with Crippen LogP contribution in [0.3, 0.4) is 0 Å². The molecule has 0 unspecified atom stereocenters. The molecule has 0 saturated carbocycles. The van der Waals surface area contributed by atoms with Gasteiger partial charge < -0.3 is 4.57 Å². The summed E-state index contributed by atoms with van der Waals surface area (Å²) < 4.78 is 2.34. The monoisotopic (exact) mass is 342 g/mol. The van der Waals surface area contributed by atoms with Gasteiger partial charge in [-0.1, -0.05) is 42.5 Å². The minimum atomic E-state index is 0.478. The number of likely N-dealkylation sites (tertiary alicyclic amines) is 1. The second-order valence-electron chi connectivity index (χ2n) is 7.03. The summed E-state index contributed by atoms with van der Waals surface area (Å²) in [4.78, 5) is 7.11. The Morgan fingerprint density at radius 1 is 1.04 bits per heavy atom. The number of aryl methyl sites for hydroxylation is 1. The average Bonchev–Trinajstić information content (AvgIpc) is 2.99. The first-order chi connectivity index (χ1) is 12.7. The Morgan fingerprint density at radius 2 is 1.81 bits per heavy atom. The van der Waals surface area contributed by atoms with Gasteiger partial charge in [0.25, 0.3) is 0 Å². The molecule has 0 bridgehead atoms. The number of aromatic nitrogens is 2. The van der Waals surface area contributed by atoms with Crippen molar-refractivity contribution in [3.8, 4) is 6.07 Å². The number of benzene rings is 2. The predicted octanol–water partition coefficient (Wildman–Crippen LogP) is 3.71. The maximum absolute atomic E-state index is 9.04. The van der Waals surface area contributed by atoms with Crippen molar-refractivity contribution in [3.63, 3.8) is 0 Å². The Hall–Kier alpha value is -2.90. The Morgan fingerprint density at radius 3 is 2.58 bits per heavy atom. The van der Waals surface area contributed by atoms with E-state index >= 15 is 0 Å². The first-order valence-corrected chi connectivity index (χ1v) is 9.00. The number of nitrogens with zero attached hydrogens (tertiary/aromatic N) is 4. The third kappa shape index (κ3) is 3.40. The van der Waals surface area contributed by atoms with Crippen LogP contribution < -0.4 is 0 Å². The lowest BCUT2D eigenvalue weighted by molar-refractivity contribution is 0.132. The van der Waals surface area contributed by atoms with Crippen molar-refractivity contribution in [1.82, 2.24) is 14.5 Å². The van der Waals surface area contributed by atoms with Crippen LogP contribution in [0, 0.1) is 18.3 Å². The second kappa shape index (κ2) is 7.15. The molecule has 1 fully saturated rings. The summed E-state index contributed by atoms with van der Waals surface area (Å²) in [6, 6.07) is 20.6. The molecule has 1 aromatic heterocycles. The molecule has 1 aliphatic heterocycles. The molecule has 0 amide bonds. The molecule has 2 aromatic carbocycles. The van der Waals surface area contributed by atoms with Crippen LogP contribution in [0.5, 0.6) is 0 Å². The lowest BCUT2D eigenvalue weighted by Gasteiger charge is -2.39. The van der Waals surface area contributed by atoms with Crippen molar-refractivity contribution >= 4 is 0 Å². The maximum Gasteiger partial charge on any atom is 0.114 e. The van der Waals surface area contributed by atoms with Crippen LogP contribution in [0.2, 0.25) is 0 Å². The fraction of sp³-hybridized carbons (Fsp3) is 0.273. The van der Waals surface area contributed by atoms with E-state index in [1.807, 2.05) is 24.4 Å². The van der Waals surface area contributed by atoms with Gasteiger partial charge in [0.1, 0.15) is 5.82 Å². The van der Waals surface area contributed by atoms with Crippen LogP contribution in [0.4, 0.5) is 0 Å².